The summed E-state index contributed by atoms with van der Waals surface area (Å²) in [7, 11) is 1.71. The minimum absolute atomic E-state index is 0.0405. The van der Waals surface area contributed by atoms with Crippen LogP contribution in [0.3, 0.4) is 0 Å². The van der Waals surface area contributed by atoms with Gasteiger partial charge < -0.3 is 15.1 Å². The fourth-order valence-corrected chi connectivity index (χ4v) is 2.40. The average molecular weight is 269 g/mol. The summed E-state index contributed by atoms with van der Waals surface area (Å²) in [4.78, 5) is 38.6. The molecule has 1 rings (SSSR count). The third-order valence-corrected chi connectivity index (χ3v) is 3.29. The first-order valence-corrected chi connectivity index (χ1v) is 6.73. The molecule has 0 radical (unpaired) electrons. The Hall–Kier alpha value is -1.43. The van der Waals surface area contributed by atoms with Crippen LogP contribution < -0.4 is 5.32 Å². The molecule has 1 saturated heterocycles. The highest BCUT2D eigenvalue weighted by molar-refractivity contribution is 5.91. The summed E-state index contributed by atoms with van der Waals surface area (Å²) in [6, 6.07) is -0.403. The number of Topliss-reactive ketones (excluding diaryl/α,β-unsaturated/α-hetero) is 1. The molecule has 1 heterocycles. The molecule has 1 N–H and O–H groups in total. The molecular weight excluding hydrogens is 246 g/mol. The number of rotatable bonds is 6. The van der Waals surface area contributed by atoms with Crippen molar-refractivity contribution in [2.24, 2.45) is 0 Å². The van der Waals surface area contributed by atoms with Crippen molar-refractivity contribution in [3.05, 3.63) is 0 Å². The van der Waals surface area contributed by atoms with Crippen molar-refractivity contribution in [1.29, 1.82) is 0 Å². The Morgan fingerprint density at radius 2 is 2.05 bits per heavy atom. The van der Waals surface area contributed by atoms with E-state index in [1.165, 1.54) is 11.8 Å². The third-order valence-electron chi connectivity index (χ3n) is 3.29. The van der Waals surface area contributed by atoms with Crippen molar-refractivity contribution in [1.82, 2.24) is 15.1 Å². The van der Waals surface area contributed by atoms with Crippen LogP contribution in [-0.2, 0) is 14.4 Å². The van der Waals surface area contributed by atoms with E-state index < -0.39 is 6.04 Å². The summed E-state index contributed by atoms with van der Waals surface area (Å²) >= 11 is 0. The number of carbonyl (C=O) groups is 3. The van der Waals surface area contributed by atoms with Crippen LogP contribution in [0.25, 0.3) is 0 Å². The van der Waals surface area contributed by atoms with E-state index in [-0.39, 0.29) is 30.7 Å². The first-order chi connectivity index (χ1) is 9.01. The van der Waals surface area contributed by atoms with Gasteiger partial charge in [-0.3, -0.25) is 14.4 Å². The molecule has 6 nitrogen and oxygen atoms in total. The molecule has 0 spiro atoms. The molecule has 1 aliphatic heterocycles. The van der Waals surface area contributed by atoms with Crippen molar-refractivity contribution < 1.29 is 14.4 Å². The summed E-state index contributed by atoms with van der Waals surface area (Å²) < 4.78 is 0. The van der Waals surface area contributed by atoms with Crippen molar-refractivity contribution in [2.75, 3.05) is 33.2 Å². The number of amides is 2. The van der Waals surface area contributed by atoms with E-state index in [1.807, 2.05) is 6.92 Å². The predicted octanol–water partition coefficient (Wildman–Crippen LogP) is -0.366. The van der Waals surface area contributed by atoms with Gasteiger partial charge in [-0.25, -0.2) is 0 Å². The second kappa shape index (κ2) is 7.23. The summed E-state index contributed by atoms with van der Waals surface area (Å²) in [6.45, 7) is 4.78. The van der Waals surface area contributed by atoms with Gasteiger partial charge in [0.05, 0.1) is 13.1 Å². The highest BCUT2D eigenvalue weighted by Crippen LogP contribution is 2.19. The van der Waals surface area contributed by atoms with E-state index in [2.05, 4.69) is 5.32 Å². The maximum atomic E-state index is 12.4. The Kier molecular flexibility index (Phi) is 5.95. The van der Waals surface area contributed by atoms with E-state index >= 15 is 0 Å². The van der Waals surface area contributed by atoms with E-state index in [0.29, 0.717) is 19.5 Å². The van der Waals surface area contributed by atoms with Crippen LogP contribution in [0.2, 0.25) is 0 Å². The molecule has 19 heavy (non-hydrogen) atoms. The highest BCUT2D eigenvalue weighted by Gasteiger charge is 2.35. The van der Waals surface area contributed by atoms with Crippen LogP contribution in [0.15, 0.2) is 0 Å². The molecule has 0 aliphatic carbocycles. The molecule has 1 atom stereocenters. The number of ketones is 1. The quantitative estimate of drug-likeness (QED) is 0.714. The summed E-state index contributed by atoms with van der Waals surface area (Å²) in [5.41, 5.74) is 0. The number of hydrogen-bond donors (Lipinski definition) is 1. The van der Waals surface area contributed by atoms with E-state index in [4.69, 9.17) is 0 Å². The molecule has 0 bridgehead atoms. The largest absolute Gasteiger partial charge is 0.334 e. The van der Waals surface area contributed by atoms with Crippen LogP contribution >= 0.6 is 0 Å². The Morgan fingerprint density at radius 1 is 1.37 bits per heavy atom. The average Bonchev–Trinajstić information content (AvgIpc) is 2.84. The fourth-order valence-electron chi connectivity index (χ4n) is 2.40. The van der Waals surface area contributed by atoms with Crippen molar-refractivity contribution in [3.8, 4) is 0 Å². The maximum Gasteiger partial charge on any atom is 0.245 e. The van der Waals surface area contributed by atoms with Gasteiger partial charge in [-0.05, 0) is 33.7 Å². The van der Waals surface area contributed by atoms with Gasteiger partial charge in [0.25, 0.3) is 0 Å². The number of nitrogens with one attached hydrogen (secondary N) is 1. The molecule has 0 unspecified atom stereocenters. The second-order valence-electron chi connectivity index (χ2n) is 4.83. The van der Waals surface area contributed by atoms with Crippen molar-refractivity contribution >= 4 is 17.6 Å². The van der Waals surface area contributed by atoms with Gasteiger partial charge in [-0.1, -0.05) is 0 Å². The highest BCUT2D eigenvalue weighted by atomic mass is 16.2. The molecule has 0 saturated carbocycles. The lowest BCUT2D eigenvalue weighted by molar-refractivity contribution is -0.144. The number of hydrogen-bond acceptors (Lipinski definition) is 4. The SMILES string of the molecule is CCN(CC(C)=O)C(=O)[C@@H]1CCCN1C(=O)CNC. The molecular formula is C13H23N3O3. The van der Waals surface area contributed by atoms with E-state index in [0.717, 1.165) is 6.42 Å². The van der Waals surface area contributed by atoms with Gasteiger partial charge in [0, 0.05) is 13.1 Å². The van der Waals surface area contributed by atoms with Crippen molar-refractivity contribution in [3.63, 3.8) is 0 Å². The van der Waals surface area contributed by atoms with E-state index in [9.17, 15) is 14.4 Å². The van der Waals surface area contributed by atoms with Gasteiger partial charge in [0.15, 0.2) is 0 Å². The minimum atomic E-state index is -0.403. The van der Waals surface area contributed by atoms with E-state index in [1.54, 1.807) is 11.9 Å². The topological polar surface area (TPSA) is 69.7 Å². The Bertz CT molecular complexity index is 357. The van der Waals surface area contributed by atoms with Gasteiger partial charge in [0.1, 0.15) is 11.8 Å². The van der Waals surface area contributed by atoms with Crippen LogP contribution in [0.5, 0.6) is 0 Å². The van der Waals surface area contributed by atoms with Crippen LogP contribution in [-0.4, -0.2) is 66.7 Å². The normalized spacial score (nSPS) is 18.5. The zero-order chi connectivity index (χ0) is 14.4. The number of likely N-dealkylation sites (N-methyl/N-ethyl adjacent to an activating group) is 2. The zero-order valence-corrected chi connectivity index (χ0v) is 11.9. The maximum absolute atomic E-state index is 12.4. The van der Waals surface area contributed by atoms with Crippen LogP contribution in [0, 0.1) is 0 Å². The van der Waals surface area contributed by atoms with Gasteiger partial charge in [-0.2, -0.15) is 0 Å². The van der Waals surface area contributed by atoms with Gasteiger partial charge >= 0.3 is 0 Å². The lowest BCUT2D eigenvalue weighted by atomic mass is 10.2. The molecule has 2 amide bonds. The standard InChI is InChI=1S/C13H23N3O3/c1-4-15(9-10(2)17)13(19)11-6-5-7-16(11)12(18)8-14-3/h11,14H,4-9H2,1-3H3/t11-/m0/s1. The van der Waals surface area contributed by atoms with Gasteiger partial charge in [0.2, 0.25) is 11.8 Å². The Labute approximate surface area is 114 Å². The first kappa shape index (κ1) is 15.6. The van der Waals surface area contributed by atoms with Gasteiger partial charge in [-0.15, -0.1) is 0 Å². The molecule has 1 fully saturated rings. The van der Waals surface area contributed by atoms with Crippen molar-refractivity contribution in [2.45, 2.75) is 32.7 Å². The number of nitrogens with zero attached hydrogens (tertiary/aromatic N) is 2. The number of likely N-dealkylation sites (tertiary alicyclic amines) is 1. The monoisotopic (exact) mass is 269 g/mol. The summed E-state index contributed by atoms with van der Waals surface area (Å²) in [5.74, 6) is -0.210. The number of carbonyl (C=O) groups excluding carboxylic acids is 3. The predicted molar refractivity (Wildman–Crippen MR) is 71.6 cm³/mol. The third kappa shape index (κ3) is 4.02. The zero-order valence-electron chi connectivity index (χ0n) is 11.9. The molecule has 1 aliphatic rings. The van der Waals surface area contributed by atoms with Crippen LogP contribution in [0.1, 0.15) is 26.7 Å². The summed E-state index contributed by atoms with van der Waals surface area (Å²) in [6.07, 6.45) is 1.52. The molecule has 0 aromatic carbocycles. The van der Waals surface area contributed by atoms with Crippen LogP contribution in [0.4, 0.5) is 0 Å². The lowest BCUT2D eigenvalue weighted by Crippen LogP contribution is -2.50. The minimum Gasteiger partial charge on any atom is -0.334 e. The lowest BCUT2D eigenvalue weighted by Gasteiger charge is -2.29. The smallest absolute Gasteiger partial charge is 0.245 e. The molecule has 0 aromatic rings. The second-order valence-corrected chi connectivity index (χ2v) is 4.83. The first-order valence-electron chi connectivity index (χ1n) is 6.73. The summed E-state index contributed by atoms with van der Waals surface area (Å²) in [5, 5.41) is 2.81. The Morgan fingerprint density at radius 3 is 2.58 bits per heavy atom. The Balaban J connectivity index is 2.73. The molecule has 0 aromatic heterocycles. The molecule has 108 valence electrons. The fraction of sp³-hybridized carbons (Fsp3) is 0.769. The molecule has 6 heteroatoms.